The summed E-state index contributed by atoms with van der Waals surface area (Å²) in [6.45, 7) is 2.16. The average Bonchev–Trinajstić information content (AvgIpc) is 2.78. The van der Waals surface area contributed by atoms with Gasteiger partial charge in [-0.15, -0.1) is 10.2 Å². The van der Waals surface area contributed by atoms with E-state index in [4.69, 9.17) is 0 Å². The largest absolute Gasteiger partial charge is 0.293 e. The number of nitrogens with zero attached hydrogens (tertiary/aromatic N) is 2. The molecule has 0 saturated carbocycles. The zero-order valence-corrected chi connectivity index (χ0v) is 17.2. The van der Waals surface area contributed by atoms with Crippen LogP contribution >= 0.6 is 11.8 Å². The quantitative estimate of drug-likeness (QED) is 0.274. The Labute approximate surface area is 175 Å². The van der Waals surface area contributed by atoms with Crippen molar-refractivity contribution >= 4 is 28.3 Å². The van der Waals surface area contributed by atoms with E-state index >= 15 is 0 Å². The Hall–Kier alpha value is -2.98. The number of carbonyl (C=O) groups is 1. The fourth-order valence-corrected chi connectivity index (χ4v) is 4.22. The maximum absolute atomic E-state index is 12.6. The van der Waals surface area contributed by atoms with Crippen LogP contribution in [0.2, 0.25) is 0 Å². The van der Waals surface area contributed by atoms with E-state index in [1.165, 1.54) is 17.3 Å². The molecule has 0 aliphatic heterocycles. The van der Waals surface area contributed by atoms with Crippen LogP contribution in [0, 0.1) is 0 Å². The lowest BCUT2D eigenvalue weighted by Gasteiger charge is -2.09. The van der Waals surface area contributed by atoms with Gasteiger partial charge in [0.25, 0.3) is 0 Å². The Morgan fingerprint density at radius 2 is 1.52 bits per heavy atom. The third-order valence-corrected chi connectivity index (χ3v) is 5.84. The molecular weight excluding hydrogens is 376 g/mol. The van der Waals surface area contributed by atoms with E-state index in [-0.39, 0.29) is 5.78 Å². The van der Waals surface area contributed by atoms with Crippen molar-refractivity contribution in [2.24, 2.45) is 0 Å². The number of hydrogen-bond acceptors (Lipinski definition) is 4. The Bertz CT molecular complexity index is 1120. The first-order valence-corrected chi connectivity index (χ1v) is 10.8. The Balaban J connectivity index is 1.56. The van der Waals surface area contributed by atoms with Gasteiger partial charge in [0.1, 0.15) is 10.7 Å². The van der Waals surface area contributed by atoms with Crippen molar-refractivity contribution < 1.29 is 4.79 Å². The molecule has 144 valence electrons. The van der Waals surface area contributed by atoms with Gasteiger partial charge in [0, 0.05) is 21.9 Å². The van der Waals surface area contributed by atoms with Gasteiger partial charge in [-0.3, -0.25) is 4.79 Å². The highest BCUT2D eigenvalue weighted by Crippen LogP contribution is 2.31. The standard InChI is InChI=1S/C25H22N2OS/c1-2-8-18-13-15-19(16-14-18)23(28)17-29-25-22-12-7-6-11-21(22)24(26-27-25)20-9-4-3-5-10-20/h3-7,9-16H,2,8,17H2,1H3. The minimum atomic E-state index is 0.107. The molecule has 0 spiro atoms. The Kier molecular flexibility index (Phi) is 6.01. The summed E-state index contributed by atoms with van der Waals surface area (Å²) in [5, 5.41) is 11.8. The van der Waals surface area contributed by atoms with Crippen molar-refractivity contribution in [3.8, 4) is 11.3 Å². The van der Waals surface area contributed by atoms with Crippen LogP contribution in [-0.2, 0) is 6.42 Å². The predicted molar refractivity (Wildman–Crippen MR) is 120 cm³/mol. The lowest BCUT2D eigenvalue weighted by molar-refractivity contribution is 0.102. The van der Waals surface area contributed by atoms with Gasteiger partial charge in [-0.05, 0) is 12.0 Å². The molecular formula is C25H22N2OS. The van der Waals surface area contributed by atoms with Gasteiger partial charge >= 0.3 is 0 Å². The summed E-state index contributed by atoms with van der Waals surface area (Å²) in [5.74, 6) is 0.451. The molecule has 0 amide bonds. The molecule has 0 atom stereocenters. The minimum Gasteiger partial charge on any atom is -0.293 e. The molecule has 1 aromatic heterocycles. The fourth-order valence-electron chi connectivity index (χ4n) is 3.36. The van der Waals surface area contributed by atoms with Crippen LogP contribution in [0.25, 0.3) is 22.0 Å². The van der Waals surface area contributed by atoms with E-state index in [9.17, 15) is 4.79 Å². The first kappa shape index (κ1) is 19.3. The molecule has 3 aromatic carbocycles. The number of aromatic nitrogens is 2. The summed E-state index contributed by atoms with van der Waals surface area (Å²) in [6.07, 6.45) is 2.15. The van der Waals surface area contributed by atoms with Gasteiger partial charge in [-0.2, -0.15) is 0 Å². The van der Waals surface area contributed by atoms with Crippen LogP contribution in [0.4, 0.5) is 0 Å². The molecule has 0 fully saturated rings. The van der Waals surface area contributed by atoms with E-state index in [0.717, 1.165) is 45.5 Å². The van der Waals surface area contributed by atoms with Crippen molar-refractivity contribution in [3.63, 3.8) is 0 Å². The van der Waals surface area contributed by atoms with Crippen molar-refractivity contribution in [2.45, 2.75) is 24.8 Å². The lowest BCUT2D eigenvalue weighted by Crippen LogP contribution is -2.03. The van der Waals surface area contributed by atoms with Gasteiger partial charge in [-0.1, -0.05) is 104 Å². The molecule has 0 radical (unpaired) electrons. The highest BCUT2D eigenvalue weighted by atomic mass is 32.2. The maximum Gasteiger partial charge on any atom is 0.173 e. The highest BCUT2D eigenvalue weighted by molar-refractivity contribution is 8.00. The molecule has 3 nitrogen and oxygen atoms in total. The predicted octanol–water partition coefficient (Wildman–Crippen LogP) is 6.22. The molecule has 0 aliphatic carbocycles. The number of rotatable bonds is 7. The monoisotopic (exact) mass is 398 g/mol. The third-order valence-electron chi connectivity index (χ3n) is 4.86. The number of thioether (sulfide) groups is 1. The summed E-state index contributed by atoms with van der Waals surface area (Å²) >= 11 is 1.45. The topological polar surface area (TPSA) is 42.9 Å². The zero-order valence-electron chi connectivity index (χ0n) is 16.3. The van der Waals surface area contributed by atoms with Gasteiger partial charge in [0.15, 0.2) is 5.78 Å². The minimum absolute atomic E-state index is 0.107. The SMILES string of the molecule is CCCc1ccc(C(=O)CSc2nnc(-c3ccccc3)c3ccccc23)cc1. The van der Waals surface area contributed by atoms with Crippen molar-refractivity contribution in [3.05, 3.63) is 90.0 Å². The van der Waals surface area contributed by atoms with Crippen LogP contribution in [0.3, 0.4) is 0 Å². The zero-order chi connectivity index (χ0) is 20.1. The summed E-state index contributed by atoms with van der Waals surface area (Å²) in [7, 11) is 0. The molecule has 4 rings (SSSR count). The van der Waals surface area contributed by atoms with E-state index < -0.39 is 0 Å². The second-order valence-corrected chi connectivity index (χ2v) is 7.89. The molecule has 1 heterocycles. The molecule has 0 aliphatic rings. The molecule has 0 saturated heterocycles. The smallest absolute Gasteiger partial charge is 0.173 e. The second kappa shape index (κ2) is 9.01. The lowest BCUT2D eigenvalue weighted by atomic mass is 10.1. The van der Waals surface area contributed by atoms with E-state index in [1.807, 2.05) is 72.8 Å². The summed E-state index contributed by atoms with van der Waals surface area (Å²) < 4.78 is 0. The van der Waals surface area contributed by atoms with Crippen LogP contribution in [0.5, 0.6) is 0 Å². The first-order valence-electron chi connectivity index (χ1n) is 9.82. The number of fused-ring (bicyclic) bond motifs is 1. The van der Waals surface area contributed by atoms with E-state index in [0.29, 0.717) is 5.75 Å². The van der Waals surface area contributed by atoms with Crippen LogP contribution in [0.1, 0.15) is 29.3 Å². The molecule has 0 N–H and O–H groups in total. The molecule has 4 aromatic rings. The molecule has 29 heavy (non-hydrogen) atoms. The van der Waals surface area contributed by atoms with Crippen molar-refractivity contribution in [1.29, 1.82) is 0 Å². The number of aryl methyl sites for hydroxylation is 1. The Morgan fingerprint density at radius 1 is 0.828 bits per heavy atom. The molecule has 4 heteroatoms. The Morgan fingerprint density at radius 3 is 2.24 bits per heavy atom. The van der Waals surface area contributed by atoms with Crippen molar-refractivity contribution in [2.75, 3.05) is 5.75 Å². The highest BCUT2D eigenvalue weighted by Gasteiger charge is 2.13. The first-order chi connectivity index (χ1) is 14.3. The third kappa shape index (κ3) is 4.38. The summed E-state index contributed by atoms with van der Waals surface area (Å²) in [5.41, 5.74) is 3.92. The van der Waals surface area contributed by atoms with Crippen LogP contribution < -0.4 is 0 Å². The van der Waals surface area contributed by atoms with Crippen LogP contribution in [-0.4, -0.2) is 21.7 Å². The summed E-state index contributed by atoms with van der Waals surface area (Å²) in [4.78, 5) is 12.6. The molecule has 0 unspecified atom stereocenters. The maximum atomic E-state index is 12.6. The number of ketones is 1. The number of benzene rings is 3. The number of Topliss-reactive ketones (excluding diaryl/α,β-unsaturated/α-hetero) is 1. The normalized spacial score (nSPS) is 10.9. The van der Waals surface area contributed by atoms with E-state index in [2.05, 4.69) is 23.2 Å². The summed E-state index contributed by atoms with van der Waals surface area (Å²) in [6, 6.07) is 26.1. The van der Waals surface area contributed by atoms with Gasteiger partial charge in [0.2, 0.25) is 0 Å². The number of hydrogen-bond donors (Lipinski definition) is 0. The molecule has 0 bridgehead atoms. The van der Waals surface area contributed by atoms with E-state index in [1.54, 1.807) is 0 Å². The van der Waals surface area contributed by atoms with Crippen molar-refractivity contribution in [1.82, 2.24) is 10.2 Å². The van der Waals surface area contributed by atoms with Crippen LogP contribution in [0.15, 0.2) is 83.9 Å². The van der Waals surface area contributed by atoms with Gasteiger partial charge in [0.05, 0.1) is 5.75 Å². The van der Waals surface area contributed by atoms with Gasteiger partial charge in [-0.25, -0.2) is 0 Å². The fraction of sp³-hybridized carbons (Fsp3) is 0.160. The average molecular weight is 399 g/mol. The van der Waals surface area contributed by atoms with Gasteiger partial charge < -0.3 is 0 Å². The second-order valence-electron chi connectivity index (χ2n) is 6.92. The number of carbonyl (C=O) groups excluding carboxylic acids is 1.